The molecule has 0 aliphatic rings. The van der Waals surface area contributed by atoms with Crippen LogP contribution in [0.3, 0.4) is 0 Å². The lowest BCUT2D eigenvalue weighted by Crippen LogP contribution is -1.94. The molecule has 0 amide bonds. The minimum atomic E-state index is 0.448. The van der Waals surface area contributed by atoms with Gasteiger partial charge >= 0.3 is 0 Å². The lowest BCUT2D eigenvalue weighted by Gasteiger charge is -2.03. The Hall–Kier alpha value is -0.480. The van der Waals surface area contributed by atoms with Crippen LogP contribution >= 0.6 is 24.4 Å². The van der Waals surface area contributed by atoms with Crippen molar-refractivity contribution in [1.82, 2.24) is 9.97 Å². The largest absolute Gasteiger partial charge is 0.349 e. The summed E-state index contributed by atoms with van der Waals surface area (Å²) in [5.74, 6) is 0.448. The molecule has 1 aromatic heterocycles. The maximum Gasteiger partial charge on any atom is 0.138 e. The molecule has 0 saturated heterocycles. The van der Waals surface area contributed by atoms with Crippen molar-refractivity contribution in [3.8, 4) is 0 Å². The van der Waals surface area contributed by atoms with Gasteiger partial charge in [-0.25, -0.2) is 0 Å². The third kappa shape index (κ3) is 1.97. The van der Waals surface area contributed by atoms with Crippen molar-refractivity contribution in [3.63, 3.8) is 0 Å². The van der Waals surface area contributed by atoms with Crippen molar-refractivity contribution in [2.24, 2.45) is 0 Å². The van der Waals surface area contributed by atoms with Crippen molar-refractivity contribution >= 4 is 24.4 Å². The van der Waals surface area contributed by atoms with Gasteiger partial charge in [-0.3, -0.25) is 0 Å². The SMILES string of the molecule is CC(C)c1c[nH]c(=S)c(=S)[nH]1. The van der Waals surface area contributed by atoms with Crippen molar-refractivity contribution in [1.29, 1.82) is 0 Å². The molecule has 2 N–H and O–H groups in total. The third-order valence-corrected chi connectivity index (χ3v) is 2.20. The third-order valence-electron chi connectivity index (χ3n) is 1.44. The first-order valence-electron chi connectivity index (χ1n) is 3.43. The Morgan fingerprint density at radius 3 is 2.36 bits per heavy atom. The second-order valence-corrected chi connectivity index (χ2v) is 3.50. The Kier molecular flexibility index (Phi) is 2.57. The van der Waals surface area contributed by atoms with Gasteiger partial charge in [0, 0.05) is 11.9 Å². The monoisotopic (exact) mass is 186 g/mol. The van der Waals surface area contributed by atoms with Gasteiger partial charge in [-0.1, -0.05) is 38.3 Å². The molecule has 0 spiro atoms. The Balaban J connectivity index is 3.27. The molecule has 0 fully saturated rings. The highest BCUT2D eigenvalue weighted by molar-refractivity contribution is 7.73. The van der Waals surface area contributed by atoms with Gasteiger partial charge in [-0.15, -0.1) is 0 Å². The first kappa shape index (κ1) is 8.62. The fourth-order valence-electron chi connectivity index (χ4n) is 0.744. The fourth-order valence-corrected chi connectivity index (χ4v) is 1.03. The minimum Gasteiger partial charge on any atom is -0.349 e. The fraction of sp³-hybridized carbons (Fsp3) is 0.429. The quantitative estimate of drug-likeness (QED) is 0.661. The zero-order valence-corrected chi connectivity index (χ0v) is 8.10. The summed E-state index contributed by atoms with van der Waals surface area (Å²) in [5.41, 5.74) is 1.09. The first-order valence-corrected chi connectivity index (χ1v) is 4.25. The molecule has 2 nitrogen and oxygen atoms in total. The lowest BCUT2D eigenvalue weighted by molar-refractivity contribution is 0.807. The molecule has 0 unspecified atom stereocenters. The van der Waals surface area contributed by atoms with E-state index in [1.165, 1.54) is 0 Å². The van der Waals surface area contributed by atoms with Crippen LogP contribution in [-0.4, -0.2) is 9.97 Å². The minimum absolute atomic E-state index is 0.448. The molecule has 11 heavy (non-hydrogen) atoms. The summed E-state index contributed by atoms with van der Waals surface area (Å²) < 4.78 is 1.22. The summed E-state index contributed by atoms with van der Waals surface area (Å²) in [6.45, 7) is 4.19. The number of hydrogen-bond donors (Lipinski definition) is 2. The van der Waals surface area contributed by atoms with Gasteiger partial charge in [-0.05, 0) is 5.92 Å². The molecule has 0 aliphatic heterocycles. The van der Waals surface area contributed by atoms with E-state index in [0.717, 1.165) is 5.69 Å². The summed E-state index contributed by atoms with van der Waals surface area (Å²) in [6.07, 6.45) is 1.86. The second kappa shape index (κ2) is 3.28. The Morgan fingerprint density at radius 1 is 1.27 bits per heavy atom. The smallest absolute Gasteiger partial charge is 0.138 e. The molecule has 1 rings (SSSR count). The van der Waals surface area contributed by atoms with E-state index in [4.69, 9.17) is 24.4 Å². The van der Waals surface area contributed by atoms with E-state index < -0.39 is 0 Å². The number of rotatable bonds is 1. The van der Waals surface area contributed by atoms with Crippen molar-refractivity contribution in [2.75, 3.05) is 0 Å². The van der Waals surface area contributed by atoms with Gasteiger partial charge in [0.25, 0.3) is 0 Å². The van der Waals surface area contributed by atoms with Crippen LogP contribution in [0, 0.1) is 9.28 Å². The number of H-pyrrole nitrogens is 2. The van der Waals surface area contributed by atoms with Gasteiger partial charge < -0.3 is 9.97 Å². The van der Waals surface area contributed by atoms with Crippen LogP contribution in [0.25, 0.3) is 0 Å². The molecule has 0 bridgehead atoms. The van der Waals surface area contributed by atoms with Crippen molar-refractivity contribution in [3.05, 3.63) is 21.2 Å². The molecule has 4 heteroatoms. The average Bonchev–Trinajstić information content (AvgIpc) is 1.94. The molecule has 60 valence electrons. The van der Waals surface area contributed by atoms with Gasteiger partial charge in [0.1, 0.15) is 9.28 Å². The summed E-state index contributed by atoms with van der Waals surface area (Å²) in [4.78, 5) is 5.98. The first-order chi connectivity index (χ1) is 5.11. The number of aromatic amines is 2. The molecule has 1 heterocycles. The molecule has 0 saturated carbocycles. The highest BCUT2D eigenvalue weighted by Crippen LogP contribution is 2.08. The molecule has 0 atom stereocenters. The summed E-state index contributed by atoms with van der Waals surface area (Å²) in [7, 11) is 0. The summed E-state index contributed by atoms with van der Waals surface area (Å²) >= 11 is 9.88. The second-order valence-electron chi connectivity index (χ2n) is 2.68. The van der Waals surface area contributed by atoms with E-state index in [0.29, 0.717) is 15.2 Å². The summed E-state index contributed by atoms with van der Waals surface area (Å²) in [6, 6.07) is 0. The van der Waals surface area contributed by atoms with E-state index in [2.05, 4.69) is 23.8 Å². The normalized spacial score (nSPS) is 10.5. The highest BCUT2D eigenvalue weighted by atomic mass is 32.1. The molecule has 1 aromatic rings. The van der Waals surface area contributed by atoms with Crippen LogP contribution in [0.1, 0.15) is 25.5 Å². The maximum absolute atomic E-state index is 4.97. The number of nitrogens with one attached hydrogen (secondary N) is 2. The van der Waals surface area contributed by atoms with Crippen LogP contribution < -0.4 is 0 Å². The van der Waals surface area contributed by atoms with Crippen LogP contribution in [0.2, 0.25) is 0 Å². The lowest BCUT2D eigenvalue weighted by atomic mass is 10.1. The van der Waals surface area contributed by atoms with E-state index in [1.807, 2.05) is 6.20 Å². The summed E-state index contributed by atoms with van der Waals surface area (Å²) in [5, 5.41) is 0. The van der Waals surface area contributed by atoms with E-state index in [1.54, 1.807) is 0 Å². The zero-order valence-electron chi connectivity index (χ0n) is 6.47. The van der Waals surface area contributed by atoms with Crippen molar-refractivity contribution < 1.29 is 0 Å². The Bertz CT molecular complexity index is 348. The molecular weight excluding hydrogens is 176 g/mol. The standard InChI is InChI=1S/C7H10N2S2/c1-4(2)5-3-8-6(10)7(11)9-5/h3-4H,1-2H3,(H,8,10)(H,9,11). The van der Waals surface area contributed by atoms with E-state index >= 15 is 0 Å². The average molecular weight is 186 g/mol. The molecule has 0 aliphatic carbocycles. The highest BCUT2D eigenvalue weighted by Gasteiger charge is 1.97. The number of aromatic nitrogens is 2. The van der Waals surface area contributed by atoms with Crippen LogP contribution in [0.15, 0.2) is 6.20 Å². The van der Waals surface area contributed by atoms with Crippen LogP contribution in [0.4, 0.5) is 0 Å². The van der Waals surface area contributed by atoms with E-state index in [-0.39, 0.29) is 0 Å². The zero-order chi connectivity index (χ0) is 8.43. The van der Waals surface area contributed by atoms with Crippen LogP contribution in [-0.2, 0) is 0 Å². The molecular formula is C7H10N2S2. The van der Waals surface area contributed by atoms with Gasteiger partial charge in [-0.2, -0.15) is 0 Å². The van der Waals surface area contributed by atoms with Crippen molar-refractivity contribution in [2.45, 2.75) is 19.8 Å². The predicted molar refractivity (Wildman–Crippen MR) is 50.9 cm³/mol. The predicted octanol–water partition coefficient (Wildman–Crippen LogP) is 2.93. The topological polar surface area (TPSA) is 31.6 Å². The molecule has 0 radical (unpaired) electrons. The van der Waals surface area contributed by atoms with Crippen LogP contribution in [0.5, 0.6) is 0 Å². The maximum atomic E-state index is 4.97. The number of hydrogen-bond acceptors (Lipinski definition) is 2. The van der Waals surface area contributed by atoms with Gasteiger partial charge in [0.05, 0.1) is 0 Å². The van der Waals surface area contributed by atoms with E-state index in [9.17, 15) is 0 Å². The Labute approximate surface area is 75.7 Å². The van der Waals surface area contributed by atoms with Gasteiger partial charge in [0.15, 0.2) is 0 Å². The van der Waals surface area contributed by atoms with Gasteiger partial charge in [0.2, 0.25) is 0 Å². The Morgan fingerprint density at radius 2 is 1.91 bits per heavy atom. The molecule has 0 aromatic carbocycles.